The van der Waals surface area contributed by atoms with Gasteiger partial charge in [0.15, 0.2) is 0 Å². The Labute approximate surface area is 120 Å². The van der Waals surface area contributed by atoms with E-state index in [0.29, 0.717) is 5.88 Å². The second-order valence-electron chi connectivity index (χ2n) is 4.70. The molecule has 0 saturated heterocycles. The van der Waals surface area contributed by atoms with Crippen LogP contribution in [0, 0.1) is 0 Å². The molecular formula is C13H15ClN2O2S. The van der Waals surface area contributed by atoms with Crippen LogP contribution < -0.4 is 4.74 Å². The highest BCUT2D eigenvalue weighted by Crippen LogP contribution is 2.31. The van der Waals surface area contributed by atoms with Crippen molar-refractivity contribution in [2.24, 2.45) is 0 Å². The van der Waals surface area contributed by atoms with E-state index in [2.05, 4.69) is 9.97 Å². The highest BCUT2D eigenvalue weighted by Gasteiger charge is 2.24. The molecule has 3 rings (SSSR count). The Morgan fingerprint density at radius 3 is 3.00 bits per heavy atom. The Morgan fingerprint density at radius 1 is 1.32 bits per heavy atom. The van der Waals surface area contributed by atoms with Crippen LogP contribution in [0.3, 0.4) is 0 Å². The second-order valence-corrected chi connectivity index (χ2v) is 5.93. The van der Waals surface area contributed by atoms with Gasteiger partial charge in [-0.05, 0) is 42.3 Å². The first-order chi connectivity index (χ1) is 9.26. The number of rotatable bonds is 3. The molecule has 0 aromatic carbocycles. The molecule has 0 amide bonds. The molecule has 1 aliphatic rings. The Bertz CT molecular complexity index is 575. The number of hydrogen-bond donors (Lipinski definition) is 0. The molecule has 2 aromatic heterocycles. The SMILES string of the molecule is COC1CCCC(Oc2nc(Cl)nc3sccc23)C1. The van der Waals surface area contributed by atoms with Gasteiger partial charge in [0, 0.05) is 13.5 Å². The smallest absolute Gasteiger partial charge is 0.227 e. The average molecular weight is 299 g/mol. The summed E-state index contributed by atoms with van der Waals surface area (Å²) in [5, 5.41) is 3.15. The molecule has 2 unspecified atom stereocenters. The summed E-state index contributed by atoms with van der Waals surface area (Å²) in [5.41, 5.74) is 0. The number of aromatic nitrogens is 2. The lowest BCUT2D eigenvalue weighted by Gasteiger charge is -2.28. The van der Waals surface area contributed by atoms with Crippen molar-refractivity contribution in [3.05, 3.63) is 16.7 Å². The van der Waals surface area contributed by atoms with Gasteiger partial charge in [0.1, 0.15) is 10.9 Å². The van der Waals surface area contributed by atoms with Crippen molar-refractivity contribution in [1.82, 2.24) is 9.97 Å². The number of hydrogen-bond acceptors (Lipinski definition) is 5. The number of methoxy groups -OCH3 is 1. The van der Waals surface area contributed by atoms with Gasteiger partial charge < -0.3 is 9.47 Å². The third kappa shape index (κ3) is 2.83. The molecule has 0 aliphatic heterocycles. The number of nitrogens with zero attached hydrogens (tertiary/aromatic N) is 2. The quantitative estimate of drug-likeness (QED) is 0.811. The van der Waals surface area contributed by atoms with Gasteiger partial charge in [0.2, 0.25) is 11.2 Å². The largest absolute Gasteiger partial charge is 0.474 e. The fourth-order valence-corrected chi connectivity index (χ4v) is 3.44. The minimum absolute atomic E-state index is 0.146. The first-order valence-corrected chi connectivity index (χ1v) is 7.62. The third-order valence-electron chi connectivity index (χ3n) is 3.45. The minimum atomic E-state index is 0.146. The molecule has 1 aliphatic carbocycles. The summed E-state index contributed by atoms with van der Waals surface area (Å²) in [5.74, 6) is 0.595. The van der Waals surface area contributed by atoms with E-state index in [4.69, 9.17) is 21.1 Å². The number of fused-ring (bicyclic) bond motifs is 1. The van der Waals surface area contributed by atoms with Gasteiger partial charge in [-0.15, -0.1) is 11.3 Å². The fourth-order valence-electron chi connectivity index (χ4n) is 2.47. The van der Waals surface area contributed by atoms with Crippen molar-refractivity contribution in [3.63, 3.8) is 0 Å². The number of thiophene rings is 1. The molecule has 0 bridgehead atoms. The first kappa shape index (κ1) is 13.1. The van der Waals surface area contributed by atoms with E-state index in [1.165, 1.54) is 0 Å². The maximum Gasteiger partial charge on any atom is 0.227 e. The zero-order valence-corrected chi connectivity index (χ0v) is 12.2. The van der Waals surface area contributed by atoms with Gasteiger partial charge in [0.05, 0.1) is 11.5 Å². The molecule has 1 fully saturated rings. The normalized spacial score (nSPS) is 23.7. The van der Waals surface area contributed by atoms with E-state index in [1.54, 1.807) is 18.4 Å². The molecule has 0 radical (unpaired) electrons. The van der Waals surface area contributed by atoms with Crippen LogP contribution in [0.2, 0.25) is 5.28 Å². The van der Waals surface area contributed by atoms with Gasteiger partial charge in [-0.25, -0.2) is 4.98 Å². The molecule has 0 spiro atoms. The van der Waals surface area contributed by atoms with Crippen LogP contribution in [0.15, 0.2) is 11.4 Å². The zero-order chi connectivity index (χ0) is 13.2. The van der Waals surface area contributed by atoms with E-state index in [-0.39, 0.29) is 17.5 Å². The lowest BCUT2D eigenvalue weighted by molar-refractivity contribution is 0.0200. The first-order valence-electron chi connectivity index (χ1n) is 6.36. The second kappa shape index (κ2) is 5.61. The number of ether oxygens (including phenoxy) is 2. The van der Waals surface area contributed by atoms with E-state index in [0.717, 1.165) is 35.9 Å². The van der Waals surface area contributed by atoms with Crippen LogP contribution in [0.1, 0.15) is 25.7 Å². The third-order valence-corrected chi connectivity index (χ3v) is 4.43. The molecule has 1 saturated carbocycles. The highest BCUT2D eigenvalue weighted by atomic mass is 35.5. The molecular weight excluding hydrogens is 284 g/mol. The predicted molar refractivity (Wildman–Crippen MR) is 76.1 cm³/mol. The maximum absolute atomic E-state index is 6.03. The zero-order valence-electron chi connectivity index (χ0n) is 10.6. The van der Waals surface area contributed by atoms with Crippen LogP contribution >= 0.6 is 22.9 Å². The Morgan fingerprint density at radius 2 is 2.16 bits per heavy atom. The monoisotopic (exact) mass is 298 g/mol. The summed E-state index contributed by atoms with van der Waals surface area (Å²) in [4.78, 5) is 9.27. The molecule has 19 heavy (non-hydrogen) atoms. The summed E-state index contributed by atoms with van der Waals surface area (Å²) >= 11 is 7.48. The van der Waals surface area contributed by atoms with Crippen LogP contribution in [0.4, 0.5) is 0 Å². The van der Waals surface area contributed by atoms with Crippen molar-refractivity contribution in [3.8, 4) is 5.88 Å². The molecule has 2 atom stereocenters. The molecule has 6 heteroatoms. The minimum Gasteiger partial charge on any atom is -0.474 e. The van der Waals surface area contributed by atoms with Crippen molar-refractivity contribution in [2.45, 2.75) is 37.9 Å². The van der Waals surface area contributed by atoms with Gasteiger partial charge in [0.25, 0.3) is 0 Å². The Hall–Kier alpha value is -0.910. The Balaban J connectivity index is 1.82. The van der Waals surface area contributed by atoms with E-state index >= 15 is 0 Å². The molecule has 4 nitrogen and oxygen atoms in total. The summed E-state index contributed by atoms with van der Waals surface area (Å²) in [6, 6.07) is 1.97. The molecule has 0 N–H and O–H groups in total. The van der Waals surface area contributed by atoms with Crippen LogP contribution in [-0.2, 0) is 4.74 Å². The van der Waals surface area contributed by atoms with Crippen molar-refractivity contribution in [2.75, 3.05) is 7.11 Å². The van der Waals surface area contributed by atoms with Gasteiger partial charge in [-0.2, -0.15) is 4.98 Å². The summed E-state index contributed by atoms with van der Waals surface area (Å²) in [6.07, 6.45) is 4.60. The Kier molecular flexibility index (Phi) is 3.86. The topological polar surface area (TPSA) is 44.2 Å². The summed E-state index contributed by atoms with van der Waals surface area (Å²) in [6.45, 7) is 0. The summed E-state index contributed by atoms with van der Waals surface area (Å²) < 4.78 is 11.4. The lowest BCUT2D eigenvalue weighted by atomic mass is 9.95. The van der Waals surface area contributed by atoms with E-state index < -0.39 is 0 Å². The lowest BCUT2D eigenvalue weighted by Crippen LogP contribution is -2.29. The highest BCUT2D eigenvalue weighted by molar-refractivity contribution is 7.16. The molecule has 102 valence electrons. The predicted octanol–water partition coefficient (Wildman–Crippen LogP) is 3.68. The molecule has 2 heterocycles. The van der Waals surface area contributed by atoms with Gasteiger partial charge in [-0.3, -0.25) is 0 Å². The van der Waals surface area contributed by atoms with Gasteiger partial charge >= 0.3 is 0 Å². The van der Waals surface area contributed by atoms with Crippen LogP contribution in [0.5, 0.6) is 5.88 Å². The standard InChI is InChI=1S/C13H15ClN2O2S/c1-17-8-3-2-4-9(7-8)18-11-10-5-6-19-12(10)16-13(14)15-11/h5-6,8-9H,2-4,7H2,1H3. The van der Waals surface area contributed by atoms with Crippen molar-refractivity contribution < 1.29 is 9.47 Å². The van der Waals surface area contributed by atoms with Crippen molar-refractivity contribution >= 4 is 33.2 Å². The maximum atomic E-state index is 6.03. The van der Waals surface area contributed by atoms with Gasteiger partial charge in [-0.1, -0.05) is 0 Å². The van der Waals surface area contributed by atoms with Crippen molar-refractivity contribution in [1.29, 1.82) is 0 Å². The number of halogens is 1. The van der Waals surface area contributed by atoms with E-state index in [9.17, 15) is 0 Å². The summed E-state index contributed by atoms with van der Waals surface area (Å²) in [7, 11) is 1.76. The molecule has 2 aromatic rings. The van der Waals surface area contributed by atoms with Crippen LogP contribution in [0.25, 0.3) is 10.2 Å². The van der Waals surface area contributed by atoms with Crippen LogP contribution in [-0.4, -0.2) is 29.3 Å². The van der Waals surface area contributed by atoms with E-state index in [1.807, 2.05) is 11.4 Å². The fraction of sp³-hybridized carbons (Fsp3) is 0.538. The average Bonchev–Trinajstić information content (AvgIpc) is 2.87.